The number of benzene rings is 1. The van der Waals surface area contributed by atoms with Crippen LogP contribution in [0.5, 0.6) is 0 Å². The highest BCUT2D eigenvalue weighted by atomic mass is 16.5. The SMILES string of the molecule is CC/C=C(\NCCCOCC)c1coc(CN(CCCOCC)C(=O)Nc2ccccc2C)n1. The second kappa shape index (κ2) is 15.9. The van der Waals surface area contributed by atoms with Crippen LogP contribution >= 0.6 is 0 Å². The van der Waals surface area contributed by atoms with Crippen molar-refractivity contribution in [3.63, 3.8) is 0 Å². The number of oxazole rings is 1. The molecule has 0 aliphatic carbocycles. The molecular weight excluding hydrogens is 432 g/mol. The lowest BCUT2D eigenvalue weighted by molar-refractivity contribution is 0.133. The predicted molar refractivity (Wildman–Crippen MR) is 136 cm³/mol. The summed E-state index contributed by atoms with van der Waals surface area (Å²) in [5.41, 5.74) is 3.47. The normalized spacial score (nSPS) is 11.5. The van der Waals surface area contributed by atoms with Crippen LogP contribution in [-0.4, -0.2) is 55.4 Å². The highest BCUT2D eigenvalue weighted by Gasteiger charge is 2.18. The van der Waals surface area contributed by atoms with Gasteiger partial charge >= 0.3 is 6.03 Å². The predicted octanol–water partition coefficient (Wildman–Crippen LogP) is 5.21. The van der Waals surface area contributed by atoms with Gasteiger partial charge in [-0.15, -0.1) is 0 Å². The molecule has 8 heteroatoms. The second-order valence-electron chi connectivity index (χ2n) is 7.85. The average Bonchev–Trinajstić information content (AvgIpc) is 3.30. The van der Waals surface area contributed by atoms with Gasteiger partial charge in [-0.1, -0.05) is 31.2 Å². The van der Waals surface area contributed by atoms with Gasteiger partial charge in [0.05, 0.1) is 12.2 Å². The number of carbonyl (C=O) groups is 1. The average molecular weight is 473 g/mol. The number of allylic oxidation sites excluding steroid dienone is 1. The van der Waals surface area contributed by atoms with Crippen LogP contribution in [0.3, 0.4) is 0 Å². The molecule has 8 nitrogen and oxygen atoms in total. The second-order valence-corrected chi connectivity index (χ2v) is 7.85. The van der Waals surface area contributed by atoms with Crippen LogP contribution in [0, 0.1) is 6.92 Å². The van der Waals surface area contributed by atoms with E-state index in [2.05, 4.69) is 28.6 Å². The summed E-state index contributed by atoms with van der Waals surface area (Å²) in [6.45, 7) is 12.3. The molecule has 0 aliphatic rings. The molecule has 0 radical (unpaired) electrons. The van der Waals surface area contributed by atoms with Gasteiger partial charge in [0.15, 0.2) is 0 Å². The molecule has 34 heavy (non-hydrogen) atoms. The van der Waals surface area contributed by atoms with Gasteiger partial charge in [-0.25, -0.2) is 9.78 Å². The summed E-state index contributed by atoms with van der Waals surface area (Å²) in [6.07, 6.45) is 6.24. The van der Waals surface area contributed by atoms with Crippen molar-refractivity contribution >= 4 is 17.4 Å². The summed E-state index contributed by atoms with van der Waals surface area (Å²) in [5.74, 6) is 0.490. The van der Waals surface area contributed by atoms with E-state index in [0.29, 0.717) is 25.6 Å². The van der Waals surface area contributed by atoms with Gasteiger partial charge in [-0.2, -0.15) is 0 Å². The van der Waals surface area contributed by atoms with E-state index in [1.54, 1.807) is 11.2 Å². The number of ether oxygens (including phenoxy) is 2. The van der Waals surface area contributed by atoms with Gasteiger partial charge in [-0.05, 0) is 51.7 Å². The fraction of sp³-hybridized carbons (Fsp3) is 0.538. The summed E-state index contributed by atoms with van der Waals surface area (Å²) in [7, 11) is 0. The van der Waals surface area contributed by atoms with Crippen LogP contribution in [-0.2, 0) is 16.0 Å². The molecule has 0 spiro atoms. The Bertz CT molecular complexity index is 881. The Morgan fingerprint density at radius 1 is 1.12 bits per heavy atom. The number of hydrogen-bond acceptors (Lipinski definition) is 6. The Kier molecular flexibility index (Phi) is 12.8. The largest absolute Gasteiger partial charge is 0.446 e. The van der Waals surface area contributed by atoms with E-state index in [1.165, 1.54) is 0 Å². The molecule has 1 aromatic heterocycles. The molecule has 0 fully saturated rings. The lowest BCUT2D eigenvalue weighted by Crippen LogP contribution is -2.36. The number of carbonyl (C=O) groups excluding carboxylic acids is 1. The van der Waals surface area contributed by atoms with Crippen LogP contribution in [0.25, 0.3) is 5.70 Å². The summed E-state index contributed by atoms with van der Waals surface area (Å²) in [5, 5.41) is 6.43. The van der Waals surface area contributed by atoms with Gasteiger partial charge in [0.2, 0.25) is 5.89 Å². The van der Waals surface area contributed by atoms with Gasteiger partial charge in [-0.3, -0.25) is 0 Å². The van der Waals surface area contributed by atoms with E-state index in [-0.39, 0.29) is 12.6 Å². The molecule has 0 unspecified atom stereocenters. The molecule has 0 saturated heterocycles. The molecule has 2 N–H and O–H groups in total. The number of nitrogens with zero attached hydrogens (tertiary/aromatic N) is 2. The Labute approximate surface area is 203 Å². The lowest BCUT2D eigenvalue weighted by atomic mass is 10.2. The van der Waals surface area contributed by atoms with E-state index in [0.717, 1.165) is 61.7 Å². The monoisotopic (exact) mass is 472 g/mol. The number of urea groups is 1. The standard InChI is InChI=1S/C26H40N4O4/c1-5-12-23(27-15-10-17-32-6-2)24-20-34-25(28-24)19-30(16-11-18-33-7-3)26(31)29-22-14-9-8-13-21(22)4/h8-9,12-14,20,27H,5-7,10-11,15-19H2,1-4H3,(H,29,31)/b23-12-. The molecular formula is C26H40N4O4. The number of nitrogens with one attached hydrogen (secondary N) is 2. The molecule has 0 atom stereocenters. The van der Waals surface area contributed by atoms with Gasteiger partial charge in [0, 0.05) is 45.2 Å². The zero-order valence-electron chi connectivity index (χ0n) is 21.1. The number of rotatable bonds is 16. The molecule has 0 saturated carbocycles. The van der Waals surface area contributed by atoms with Crippen molar-refractivity contribution in [2.24, 2.45) is 0 Å². The maximum absolute atomic E-state index is 13.1. The highest BCUT2D eigenvalue weighted by Crippen LogP contribution is 2.17. The third kappa shape index (κ3) is 9.57. The third-order valence-electron chi connectivity index (χ3n) is 5.14. The summed E-state index contributed by atoms with van der Waals surface area (Å²) >= 11 is 0. The van der Waals surface area contributed by atoms with Gasteiger partial charge in [0.25, 0.3) is 0 Å². The van der Waals surface area contributed by atoms with E-state index in [9.17, 15) is 4.79 Å². The number of amides is 2. The van der Waals surface area contributed by atoms with Crippen LogP contribution < -0.4 is 10.6 Å². The maximum Gasteiger partial charge on any atom is 0.322 e. The lowest BCUT2D eigenvalue weighted by Gasteiger charge is -2.22. The van der Waals surface area contributed by atoms with Gasteiger partial charge < -0.3 is 29.4 Å². The molecule has 188 valence electrons. The fourth-order valence-electron chi connectivity index (χ4n) is 3.35. The number of hydrogen-bond donors (Lipinski definition) is 2. The smallest absolute Gasteiger partial charge is 0.322 e. The maximum atomic E-state index is 13.1. The highest BCUT2D eigenvalue weighted by molar-refractivity contribution is 5.90. The zero-order valence-corrected chi connectivity index (χ0v) is 21.1. The molecule has 2 aromatic rings. The first-order chi connectivity index (χ1) is 16.6. The number of anilines is 1. The number of aromatic nitrogens is 1. The summed E-state index contributed by atoms with van der Waals surface area (Å²) < 4.78 is 16.6. The van der Waals surface area contributed by atoms with Crippen molar-refractivity contribution in [3.05, 3.63) is 53.8 Å². The quantitative estimate of drug-likeness (QED) is 0.326. The van der Waals surface area contributed by atoms with Crippen molar-refractivity contribution < 1.29 is 18.7 Å². The Balaban J connectivity index is 2.05. The minimum Gasteiger partial charge on any atom is -0.446 e. The first kappa shape index (κ1) is 27.4. The first-order valence-electron chi connectivity index (χ1n) is 12.2. The fourth-order valence-corrected chi connectivity index (χ4v) is 3.35. The van der Waals surface area contributed by atoms with Crippen molar-refractivity contribution in [1.82, 2.24) is 15.2 Å². The topological polar surface area (TPSA) is 88.9 Å². The minimum atomic E-state index is -0.191. The first-order valence-corrected chi connectivity index (χ1v) is 12.2. The van der Waals surface area contributed by atoms with Crippen molar-refractivity contribution in [2.45, 2.75) is 53.5 Å². The molecule has 1 aromatic carbocycles. The van der Waals surface area contributed by atoms with Crippen molar-refractivity contribution in [2.75, 3.05) is 44.8 Å². The Morgan fingerprint density at radius 2 is 1.85 bits per heavy atom. The summed E-state index contributed by atoms with van der Waals surface area (Å²) in [6, 6.07) is 7.53. The molecule has 2 rings (SSSR count). The van der Waals surface area contributed by atoms with E-state index < -0.39 is 0 Å². The van der Waals surface area contributed by atoms with Crippen LogP contribution in [0.4, 0.5) is 10.5 Å². The van der Waals surface area contributed by atoms with E-state index in [1.807, 2.05) is 45.0 Å². The van der Waals surface area contributed by atoms with Crippen LogP contribution in [0.1, 0.15) is 57.2 Å². The Hall–Kier alpha value is -2.84. The van der Waals surface area contributed by atoms with Crippen molar-refractivity contribution in [3.8, 4) is 0 Å². The molecule has 2 amide bonds. The molecule has 1 heterocycles. The Morgan fingerprint density at radius 3 is 2.56 bits per heavy atom. The number of para-hydroxylation sites is 1. The summed E-state index contributed by atoms with van der Waals surface area (Å²) in [4.78, 5) is 19.4. The van der Waals surface area contributed by atoms with Crippen LogP contribution in [0.15, 0.2) is 41.0 Å². The van der Waals surface area contributed by atoms with E-state index in [4.69, 9.17) is 13.9 Å². The minimum absolute atomic E-state index is 0.191. The van der Waals surface area contributed by atoms with Crippen molar-refractivity contribution in [1.29, 1.82) is 0 Å². The zero-order chi connectivity index (χ0) is 24.6. The molecule has 0 bridgehead atoms. The van der Waals surface area contributed by atoms with Gasteiger partial charge in [0.1, 0.15) is 12.0 Å². The molecule has 0 aliphatic heterocycles. The van der Waals surface area contributed by atoms with E-state index >= 15 is 0 Å². The third-order valence-corrected chi connectivity index (χ3v) is 5.14. The van der Waals surface area contributed by atoms with Crippen LogP contribution in [0.2, 0.25) is 0 Å². The number of aryl methyl sites for hydroxylation is 1.